The van der Waals surface area contributed by atoms with Gasteiger partial charge >= 0.3 is 0 Å². The topological polar surface area (TPSA) is 35.5 Å². The van der Waals surface area contributed by atoms with E-state index in [1.165, 1.54) is 0 Å². The fourth-order valence-electron chi connectivity index (χ4n) is 1.79. The van der Waals surface area contributed by atoms with E-state index in [1.807, 2.05) is 6.07 Å². The first-order valence-electron chi connectivity index (χ1n) is 5.71. The molecular formula is C13H16O3. The van der Waals surface area contributed by atoms with Crippen molar-refractivity contribution in [1.82, 2.24) is 0 Å². The summed E-state index contributed by atoms with van der Waals surface area (Å²) < 4.78 is 11.1. The van der Waals surface area contributed by atoms with Crippen LogP contribution >= 0.6 is 0 Å². The van der Waals surface area contributed by atoms with Crippen molar-refractivity contribution in [2.75, 3.05) is 6.61 Å². The molecule has 0 aromatic heterocycles. The first-order chi connectivity index (χ1) is 7.74. The number of rotatable bonds is 4. The molecule has 16 heavy (non-hydrogen) atoms. The summed E-state index contributed by atoms with van der Waals surface area (Å²) in [6.07, 6.45) is 2.19. The monoisotopic (exact) mass is 220 g/mol. The van der Waals surface area contributed by atoms with Crippen LogP contribution in [0.3, 0.4) is 0 Å². The fourth-order valence-corrected chi connectivity index (χ4v) is 1.79. The van der Waals surface area contributed by atoms with Crippen molar-refractivity contribution in [3.05, 3.63) is 23.8 Å². The molecular weight excluding hydrogens is 204 g/mol. The maximum atomic E-state index is 11.3. The Balaban J connectivity index is 2.16. The van der Waals surface area contributed by atoms with E-state index < -0.39 is 0 Å². The maximum Gasteiger partial charge on any atom is 0.203 e. The quantitative estimate of drug-likeness (QED) is 0.782. The number of hydrogen-bond acceptors (Lipinski definition) is 3. The zero-order valence-corrected chi connectivity index (χ0v) is 9.66. The van der Waals surface area contributed by atoms with Crippen LogP contribution in [0.5, 0.6) is 11.5 Å². The molecule has 3 heteroatoms. The van der Waals surface area contributed by atoms with E-state index >= 15 is 0 Å². The Labute approximate surface area is 95.4 Å². The van der Waals surface area contributed by atoms with Gasteiger partial charge in [0.1, 0.15) is 11.5 Å². The van der Waals surface area contributed by atoms with Gasteiger partial charge in [0.15, 0.2) is 6.61 Å². The van der Waals surface area contributed by atoms with Crippen LogP contribution in [0, 0.1) is 0 Å². The van der Waals surface area contributed by atoms with Crippen LogP contribution in [0.4, 0.5) is 0 Å². The van der Waals surface area contributed by atoms with Crippen molar-refractivity contribution in [3.8, 4) is 11.5 Å². The molecule has 1 aromatic rings. The van der Waals surface area contributed by atoms with Gasteiger partial charge < -0.3 is 9.47 Å². The van der Waals surface area contributed by atoms with Crippen molar-refractivity contribution >= 4 is 5.78 Å². The smallest absolute Gasteiger partial charge is 0.203 e. The molecule has 0 unspecified atom stereocenters. The molecule has 0 fully saturated rings. The van der Waals surface area contributed by atoms with Crippen molar-refractivity contribution < 1.29 is 14.3 Å². The minimum absolute atomic E-state index is 0.0454. The molecule has 0 saturated heterocycles. The number of benzene rings is 1. The predicted octanol–water partition coefficient (Wildman–Crippen LogP) is 2.83. The third kappa shape index (κ3) is 2.03. The molecule has 0 radical (unpaired) electrons. The highest BCUT2D eigenvalue weighted by Gasteiger charge is 2.21. The Morgan fingerprint density at radius 3 is 2.81 bits per heavy atom. The Kier molecular flexibility index (Phi) is 3.13. The fraction of sp³-hybridized carbons (Fsp3) is 0.462. The van der Waals surface area contributed by atoms with Gasteiger partial charge in [-0.25, -0.2) is 0 Å². The van der Waals surface area contributed by atoms with Crippen molar-refractivity contribution in [1.29, 1.82) is 0 Å². The Bertz CT molecular complexity index is 394. The van der Waals surface area contributed by atoms with Gasteiger partial charge in [-0.3, -0.25) is 4.79 Å². The summed E-state index contributed by atoms with van der Waals surface area (Å²) in [5, 5.41) is 0. The van der Waals surface area contributed by atoms with Crippen molar-refractivity contribution in [2.45, 2.75) is 32.8 Å². The van der Waals surface area contributed by atoms with E-state index in [0.29, 0.717) is 11.3 Å². The van der Waals surface area contributed by atoms with Crippen LogP contribution in [0.2, 0.25) is 0 Å². The van der Waals surface area contributed by atoms with Crippen LogP contribution in [0.1, 0.15) is 37.0 Å². The van der Waals surface area contributed by atoms with Crippen LogP contribution in [-0.4, -0.2) is 18.5 Å². The molecule has 2 rings (SSSR count). The van der Waals surface area contributed by atoms with E-state index in [9.17, 15) is 4.79 Å². The lowest BCUT2D eigenvalue weighted by Gasteiger charge is -2.15. The van der Waals surface area contributed by atoms with Gasteiger partial charge in [-0.05, 0) is 25.0 Å². The van der Waals surface area contributed by atoms with Gasteiger partial charge in [-0.15, -0.1) is 0 Å². The highest BCUT2D eigenvalue weighted by molar-refractivity contribution is 6.02. The largest absolute Gasteiger partial charge is 0.490 e. The van der Waals surface area contributed by atoms with Crippen molar-refractivity contribution in [3.63, 3.8) is 0 Å². The summed E-state index contributed by atoms with van der Waals surface area (Å²) >= 11 is 0. The van der Waals surface area contributed by atoms with Crippen molar-refractivity contribution in [2.24, 2.45) is 0 Å². The third-order valence-corrected chi connectivity index (χ3v) is 2.83. The summed E-state index contributed by atoms with van der Waals surface area (Å²) in [4.78, 5) is 11.3. The van der Waals surface area contributed by atoms with Gasteiger partial charge in [-0.1, -0.05) is 13.8 Å². The molecule has 3 nitrogen and oxygen atoms in total. The second kappa shape index (κ2) is 4.56. The second-order valence-electron chi connectivity index (χ2n) is 3.93. The van der Waals surface area contributed by atoms with E-state index in [-0.39, 0.29) is 18.5 Å². The highest BCUT2D eigenvalue weighted by atomic mass is 16.5. The van der Waals surface area contributed by atoms with Gasteiger partial charge in [0.2, 0.25) is 5.78 Å². The normalized spacial score (nSPS) is 13.8. The van der Waals surface area contributed by atoms with Crippen LogP contribution in [0.15, 0.2) is 18.2 Å². The third-order valence-electron chi connectivity index (χ3n) is 2.83. The lowest BCUT2D eigenvalue weighted by atomic mass is 10.1. The Morgan fingerprint density at radius 2 is 2.12 bits per heavy atom. The zero-order valence-electron chi connectivity index (χ0n) is 9.66. The molecule has 1 aliphatic rings. The molecule has 0 amide bonds. The summed E-state index contributed by atoms with van der Waals surface area (Å²) in [6.45, 7) is 4.35. The minimum atomic E-state index is 0.0454. The molecule has 1 heterocycles. The number of carbonyl (C=O) groups excluding carboxylic acids is 1. The SMILES string of the molecule is CCC(CC)Oc1ccc2c(c1)OCC2=O. The average Bonchev–Trinajstić information content (AvgIpc) is 2.68. The Hall–Kier alpha value is -1.51. The minimum Gasteiger partial charge on any atom is -0.490 e. The van der Waals surface area contributed by atoms with Gasteiger partial charge in [0.25, 0.3) is 0 Å². The molecule has 0 atom stereocenters. The van der Waals surface area contributed by atoms with E-state index in [0.717, 1.165) is 18.6 Å². The van der Waals surface area contributed by atoms with Crippen LogP contribution in [0.25, 0.3) is 0 Å². The summed E-state index contributed by atoms with van der Waals surface area (Å²) in [5.74, 6) is 1.47. The number of carbonyl (C=O) groups is 1. The maximum absolute atomic E-state index is 11.3. The molecule has 1 aliphatic heterocycles. The number of Topliss-reactive ketones (excluding diaryl/α,β-unsaturated/α-hetero) is 1. The molecule has 0 aliphatic carbocycles. The average molecular weight is 220 g/mol. The first-order valence-corrected chi connectivity index (χ1v) is 5.71. The standard InChI is InChI=1S/C13H16O3/c1-3-9(4-2)16-10-5-6-11-12(14)8-15-13(11)7-10/h5-7,9H,3-4,8H2,1-2H3. The number of hydrogen-bond donors (Lipinski definition) is 0. The molecule has 0 N–H and O–H groups in total. The van der Waals surface area contributed by atoms with Gasteiger partial charge in [0.05, 0.1) is 11.7 Å². The molecule has 0 saturated carbocycles. The van der Waals surface area contributed by atoms with Crippen LogP contribution < -0.4 is 9.47 Å². The highest BCUT2D eigenvalue weighted by Crippen LogP contribution is 2.30. The van der Waals surface area contributed by atoms with Gasteiger partial charge in [0, 0.05) is 6.07 Å². The van der Waals surface area contributed by atoms with E-state index in [4.69, 9.17) is 9.47 Å². The summed E-state index contributed by atoms with van der Waals surface area (Å²) in [5.41, 5.74) is 0.664. The number of fused-ring (bicyclic) bond motifs is 1. The lowest BCUT2D eigenvalue weighted by Crippen LogP contribution is -2.13. The zero-order chi connectivity index (χ0) is 11.5. The Morgan fingerprint density at radius 1 is 1.38 bits per heavy atom. The number of ether oxygens (including phenoxy) is 2. The molecule has 1 aromatic carbocycles. The summed E-state index contributed by atoms with van der Waals surface area (Å²) in [7, 11) is 0. The molecule has 86 valence electrons. The molecule has 0 spiro atoms. The predicted molar refractivity (Wildman–Crippen MR) is 61.3 cm³/mol. The molecule has 0 bridgehead atoms. The van der Waals surface area contributed by atoms with Crippen LogP contribution in [-0.2, 0) is 0 Å². The van der Waals surface area contributed by atoms with E-state index in [2.05, 4.69) is 13.8 Å². The summed E-state index contributed by atoms with van der Waals surface area (Å²) in [6, 6.07) is 5.42. The number of ketones is 1. The first kappa shape index (κ1) is 11.0. The van der Waals surface area contributed by atoms with E-state index in [1.54, 1.807) is 12.1 Å². The van der Waals surface area contributed by atoms with Gasteiger partial charge in [-0.2, -0.15) is 0 Å². The lowest BCUT2D eigenvalue weighted by molar-refractivity contribution is 0.0961. The second-order valence-corrected chi connectivity index (χ2v) is 3.93.